The van der Waals surface area contributed by atoms with Crippen LogP contribution in [0.25, 0.3) is 0 Å². The van der Waals surface area contributed by atoms with Crippen LogP contribution in [0.4, 0.5) is 0 Å². The number of hydrogen-bond acceptors (Lipinski definition) is 5. The Hall–Kier alpha value is -2.54. The zero-order valence-corrected chi connectivity index (χ0v) is 16.0. The number of carbonyl (C=O) groups excluding carboxylic acids is 1. The molecule has 1 aromatic heterocycles. The quantitative estimate of drug-likeness (QED) is 0.808. The molecule has 7 nitrogen and oxygen atoms in total. The minimum absolute atomic E-state index is 0.0350. The Labute approximate surface area is 158 Å². The second-order valence-electron chi connectivity index (χ2n) is 7.16. The van der Waals surface area contributed by atoms with Gasteiger partial charge in [0.2, 0.25) is 6.79 Å². The lowest BCUT2D eigenvalue weighted by Crippen LogP contribution is -2.38. The summed E-state index contributed by atoms with van der Waals surface area (Å²) in [5.41, 5.74) is 4.11. The van der Waals surface area contributed by atoms with Gasteiger partial charge >= 0.3 is 0 Å². The van der Waals surface area contributed by atoms with Crippen molar-refractivity contribution in [2.45, 2.75) is 45.9 Å². The molecule has 144 valence electrons. The van der Waals surface area contributed by atoms with Crippen LogP contribution < -0.4 is 9.47 Å². The van der Waals surface area contributed by atoms with Crippen LogP contribution >= 0.6 is 0 Å². The maximum Gasteiger partial charge on any atom is 0.252 e. The van der Waals surface area contributed by atoms with Gasteiger partial charge in [0.1, 0.15) is 6.10 Å². The van der Waals surface area contributed by atoms with E-state index in [2.05, 4.69) is 5.10 Å². The molecule has 1 saturated heterocycles. The van der Waals surface area contributed by atoms with Crippen molar-refractivity contribution in [2.24, 2.45) is 7.05 Å². The fourth-order valence-corrected chi connectivity index (χ4v) is 3.68. The molecule has 3 heterocycles. The zero-order valence-electron chi connectivity index (χ0n) is 16.0. The number of carbonyl (C=O) groups is 1. The summed E-state index contributed by atoms with van der Waals surface area (Å²) < 4.78 is 18.4. The third kappa shape index (κ3) is 3.51. The van der Waals surface area contributed by atoms with E-state index in [-0.39, 0.29) is 18.8 Å². The molecule has 0 unspecified atom stereocenters. The first-order valence-electron chi connectivity index (χ1n) is 9.31. The number of nitrogens with zero attached hydrogens (tertiary/aromatic N) is 3. The Morgan fingerprint density at radius 2 is 2.07 bits per heavy atom. The van der Waals surface area contributed by atoms with E-state index in [0.717, 1.165) is 46.9 Å². The molecule has 0 spiro atoms. The maximum atomic E-state index is 13.1. The summed E-state index contributed by atoms with van der Waals surface area (Å²) in [4.78, 5) is 15.0. The standard InChI is InChI=1S/C20H25N3O4/c1-13-16(14(2)22(3)21-13)11-23(20(24)18-5-4-8-25-18)10-15-6-7-17-19(9-15)27-12-26-17/h6-7,9,18H,4-5,8,10-12H2,1-3H3/t18-/m0/s1. The van der Waals surface area contributed by atoms with Crippen LogP contribution in [-0.4, -0.2) is 40.1 Å². The third-order valence-electron chi connectivity index (χ3n) is 5.34. The van der Waals surface area contributed by atoms with Crippen molar-refractivity contribution in [3.8, 4) is 11.5 Å². The highest BCUT2D eigenvalue weighted by molar-refractivity contribution is 5.81. The molecule has 2 aliphatic heterocycles. The summed E-state index contributed by atoms with van der Waals surface area (Å²) in [6.07, 6.45) is 1.36. The van der Waals surface area contributed by atoms with Crippen LogP contribution in [-0.2, 0) is 29.7 Å². The Morgan fingerprint density at radius 3 is 2.78 bits per heavy atom. The first-order chi connectivity index (χ1) is 13.0. The van der Waals surface area contributed by atoms with Crippen molar-refractivity contribution < 1.29 is 19.0 Å². The molecule has 0 saturated carbocycles. The normalized spacial score (nSPS) is 18.1. The van der Waals surface area contributed by atoms with E-state index in [0.29, 0.717) is 19.7 Å². The van der Waals surface area contributed by atoms with Crippen LogP contribution in [0, 0.1) is 13.8 Å². The number of rotatable bonds is 5. The fourth-order valence-electron chi connectivity index (χ4n) is 3.68. The van der Waals surface area contributed by atoms with Gasteiger partial charge in [0.15, 0.2) is 11.5 Å². The van der Waals surface area contributed by atoms with Gasteiger partial charge in [-0.15, -0.1) is 0 Å². The molecule has 0 bridgehead atoms. The van der Waals surface area contributed by atoms with Gasteiger partial charge in [-0.3, -0.25) is 9.48 Å². The van der Waals surface area contributed by atoms with Crippen molar-refractivity contribution in [2.75, 3.05) is 13.4 Å². The maximum absolute atomic E-state index is 13.1. The van der Waals surface area contributed by atoms with Gasteiger partial charge in [0.05, 0.1) is 5.69 Å². The summed E-state index contributed by atoms with van der Waals surface area (Å²) in [7, 11) is 1.93. The molecule has 0 aliphatic carbocycles. The highest BCUT2D eigenvalue weighted by Crippen LogP contribution is 2.33. The van der Waals surface area contributed by atoms with E-state index in [1.807, 2.05) is 48.7 Å². The first-order valence-corrected chi connectivity index (χ1v) is 9.31. The second-order valence-corrected chi connectivity index (χ2v) is 7.16. The van der Waals surface area contributed by atoms with Crippen molar-refractivity contribution >= 4 is 5.91 Å². The molecule has 4 rings (SSSR count). The SMILES string of the molecule is Cc1nn(C)c(C)c1CN(Cc1ccc2c(c1)OCO2)C(=O)[C@@H]1CCCO1. The summed E-state index contributed by atoms with van der Waals surface area (Å²) in [5, 5.41) is 4.49. The average Bonchev–Trinajstić information content (AvgIpc) is 3.38. The number of amides is 1. The van der Waals surface area contributed by atoms with Crippen molar-refractivity contribution in [3.05, 3.63) is 40.7 Å². The van der Waals surface area contributed by atoms with E-state index < -0.39 is 0 Å². The summed E-state index contributed by atoms with van der Waals surface area (Å²) in [6.45, 7) is 5.91. The van der Waals surface area contributed by atoms with Gasteiger partial charge < -0.3 is 19.1 Å². The molecule has 1 aromatic carbocycles. The topological polar surface area (TPSA) is 65.8 Å². The molecule has 0 radical (unpaired) electrons. The summed E-state index contributed by atoms with van der Waals surface area (Å²) in [6, 6.07) is 5.82. The van der Waals surface area contributed by atoms with Gasteiger partial charge in [-0.05, 0) is 44.4 Å². The van der Waals surface area contributed by atoms with Crippen LogP contribution in [0.5, 0.6) is 11.5 Å². The van der Waals surface area contributed by atoms with Gasteiger partial charge in [-0.2, -0.15) is 5.10 Å². The number of aromatic nitrogens is 2. The van der Waals surface area contributed by atoms with Gasteiger partial charge in [-0.1, -0.05) is 6.07 Å². The monoisotopic (exact) mass is 371 g/mol. The van der Waals surface area contributed by atoms with Crippen LogP contribution in [0.15, 0.2) is 18.2 Å². The smallest absolute Gasteiger partial charge is 0.252 e. The van der Waals surface area contributed by atoms with Gasteiger partial charge in [0, 0.05) is 38.0 Å². The third-order valence-corrected chi connectivity index (χ3v) is 5.34. The molecular weight excluding hydrogens is 346 g/mol. The number of aryl methyl sites for hydroxylation is 2. The van der Waals surface area contributed by atoms with Gasteiger partial charge in [0.25, 0.3) is 5.91 Å². The molecule has 1 atom stereocenters. The average molecular weight is 371 g/mol. The van der Waals surface area contributed by atoms with Crippen LogP contribution in [0.1, 0.15) is 35.4 Å². The molecular formula is C20H25N3O4. The summed E-state index contributed by atoms with van der Waals surface area (Å²) in [5.74, 6) is 1.51. The van der Waals surface area contributed by atoms with Gasteiger partial charge in [-0.25, -0.2) is 0 Å². The number of benzene rings is 1. The zero-order chi connectivity index (χ0) is 19.0. The van der Waals surface area contributed by atoms with Crippen molar-refractivity contribution in [3.63, 3.8) is 0 Å². The Morgan fingerprint density at radius 1 is 1.26 bits per heavy atom. The fraction of sp³-hybridized carbons (Fsp3) is 0.500. The molecule has 1 fully saturated rings. The second kappa shape index (κ2) is 7.23. The van der Waals surface area contributed by atoms with E-state index >= 15 is 0 Å². The van der Waals surface area contributed by atoms with E-state index in [1.165, 1.54) is 0 Å². The number of ether oxygens (including phenoxy) is 3. The lowest BCUT2D eigenvalue weighted by molar-refractivity contribution is -0.142. The predicted molar refractivity (Wildman–Crippen MR) is 98.5 cm³/mol. The molecule has 1 amide bonds. The molecule has 0 N–H and O–H groups in total. The van der Waals surface area contributed by atoms with Crippen molar-refractivity contribution in [1.29, 1.82) is 0 Å². The number of fused-ring (bicyclic) bond motifs is 1. The molecule has 27 heavy (non-hydrogen) atoms. The Bertz CT molecular complexity index is 855. The van der Waals surface area contributed by atoms with E-state index in [9.17, 15) is 4.79 Å². The minimum Gasteiger partial charge on any atom is -0.454 e. The predicted octanol–water partition coefficient (Wildman–Crippen LogP) is 2.47. The largest absolute Gasteiger partial charge is 0.454 e. The van der Waals surface area contributed by atoms with Crippen LogP contribution in [0.3, 0.4) is 0 Å². The first kappa shape index (κ1) is 17.9. The van der Waals surface area contributed by atoms with E-state index in [1.54, 1.807) is 0 Å². The van der Waals surface area contributed by atoms with Crippen molar-refractivity contribution in [1.82, 2.24) is 14.7 Å². The molecule has 7 heteroatoms. The number of hydrogen-bond donors (Lipinski definition) is 0. The van der Waals surface area contributed by atoms with Crippen LogP contribution in [0.2, 0.25) is 0 Å². The summed E-state index contributed by atoms with van der Waals surface area (Å²) >= 11 is 0. The highest BCUT2D eigenvalue weighted by atomic mass is 16.7. The molecule has 2 aromatic rings. The lowest BCUT2D eigenvalue weighted by atomic mass is 10.1. The Kier molecular flexibility index (Phi) is 4.78. The Balaban J connectivity index is 1.60. The lowest BCUT2D eigenvalue weighted by Gasteiger charge is -2.26. The van der Waals surface area contributed by atoms with E-state index in [4.69, 9.17) is 14.2 Å². The molecule has 2 aliphatic rings. The minimum atomic E-state index is -0.351. The highest BCUT2D eigenvalue weighted by Gasteiger charge is 2.30.